The molecular weight excluding hydrogens is 232 g/mol. The molecule has 2 aliphatic rings. The Morgan fingerprint density at radius 3 is 2.83 bits per heavy atom. The Labute approximate surface area is 109 Å². The molecule has 5 heteroatoms. The SMILES string of the molecule is COC(=O)C(CN1CCOCC1(C)C)NC1CC1. The highest BCUT2D eigenvalue weighted by molar-refractivity contribution is 5.76. The molecule has 104 valence electrons. The monoisotopic (exact) mass is 256 g/mol. The molecule has 2 fully saturated rings. The first-order valence-electron chi connectivity index (χ1n) is 6.69. The van der Waals surface area contributed by atoms with E-state index in [1.54, 1.807) is 0 Å². The lowest BCUT2D eigenvalue weighted by atomic mass is 10.0. The van der Waals surface area contributed by atoms with E-state index in [-0.39, 0.29) is 17.6 Å². The summed E-state index contributed by atoms with van der Waals surface area (Å²) in [6.45, 7) is 7.31. The van der Waals surface area contributed by atoms with Crippen LogP contribution in [0.25, 0.3) is 0 Å². The zero-order valence-electron chi connectivity index (χ0n) is 11.6. The van der Waals surface area contributed by atoms with Crippen molar-refractivity contribution in [3.63, 3.8) is 0 Å². The molecule has 1 heterocycles. The van der Waals surface area contributed by atoms with Crippen molar-refractivity contribution >= 4 is 5.97 Å². The van der Waals surface area contributed by atoms with Crippen LogP contribution in [0.5, 0.6) is 0 Å². The molecular formula is C13H24N2O3. The summed E-state index contributed by atoms with van der Waals surface area (Å²) in [6.07, 6.45) is 2.33. The van der Waals surface area contributed by atoms with Crippen molar-refractivity contribution in [2.45, 2.75) is 44.3 Å². The van der Waals surface area contributed by atoms with Gasteiger partial charge in [-0.2, -0.15) is 0 Å². The summed E-state index contributed by atoms with van der Waals surface area (Å²) in [4.78, 5) is 14.1. The number of hydrogen-bond acceptors (Lipinski definition) is 5. The van der Waals surface area contributed by atoms with E-state index in [9.17, 15) is 4.79 Å². The van der Waals surface area contributed by atoms with Crippen LogP contribution in [0.2, 0.25) is 0 Å². The Bertz CT molecular complexity index is 303. The lowest BCUT2D eigenvalue weighted by Gasteiger charge is -2.43. The number of carbonyl (C=O) groups excluding carboxylic acids is 1. The van der Waals surface area contributed by atoms with Gasteiger partial charge < -0.3 is 14.8 Å². The molecule has 1 atom stereocenters. The van der Waals surface area contributed by atoms with Gasteiger partial charge in [0, 0.05) is 24.7 Å². The molecule has 0 aromatic heterocycles. The number of hydrogen-bond donors (Lipinski definition) is 1. The van der Waals surface area contributed by atoms with Gasteiger partial charge in [-0.15, -0.1) is 0 Å². The number of nitrogens with zero attached hydrogens (tertiary/aromatic N) is 1. The van der Waals surface area contributed by atoms with Crippen LogP contribution in [-0.4, -0.2) is 61.9 Å². The Morgan fingerprint density at radius 2 is 2.28 bits per heavy atom. The maximum Gasteiger partial charge on any atom is 0.324 e. The Hall–Kier alpha value is -0.650. The van der Waals surface area contributed by atoms with Crippen molar-refractivity contribution < 1.29 is 14.3 Å². The highest BCUT2D eigenvalue weighted by Crippen LogP contribution is 2.22. The van der Waals surface area contributed by atoms with E-state index in [0.29, 0.717) is 19.2 Å². The van der Waals surface area contributed by atoms with Crippen LogP contribution in [-0.2, 0) is 14.3 Å². The van der Waals surface area contributed by atoms with Crippen molar-refractivity contribution in [1.82, 2.24) is 10.2 Å². The summed E-state index contributed by atoms with van der Waals surface area (Å²) in [5.74, 6) is -0.163. The Balaban J connectivity index is 1.95. The van der Waals surface area contributed by atoms with Crippen LogP contribution in [0.3, 0.4) is 0 Å². The van der Waals surface area contributed by atoms with E-state index in [2.05, 4.69) is 24.1 Å². The highest BCUT2D eigenvalue weighted by Gasteiger charge is 2.36. The van der Waals surface area contributed by atoms with Crippen LogP contribution >= 0.6 is 0 Å². The zero-order valence-corrected chi connectivity index (χ0v) is 11.6. The minimum absolute atomic E-state index is 0.0181. The number of rotatable bonds is 5. The van der Waals surface area contributed by atoms with Gasteiger partial charge >= 0.3 is 5.97 Å². The molecule has 5 nitrogen and oxygen atoms in total. The molecule has 1 aliphatic heterocycles. The van der Waals surface area contributed by atoms with E-state index < -0.39 is 0 Å². The average molecular weight is 256 g/mol. The van der Waals surface area contributed by atoms with Gasteiger partial charge in [-0.1, -0.05) is 0 Å². The van der Waals surface area contributed by atoms with Crippen LogP contribution in [0.1, 0.15) is 26.7 Å². The molecule has 2 rings (SSSR count). The summed E-state index contributed by atoms with van der Waals surface area (Å²) < 4.78 is 10.4. The molecule has 1 saturated heterocycles. The smallest absolute Gasteiger partial charge is 0.324 e. The fourth-order valence-electron chi connectivity index (χ4n) is 2.32. The molecule has 0 aromatic carbocycles. The first-order chi connectivity index (χ1) is 8.53. The Morgan fingerprint density at radius 1 is 1.56 bits per heavy atom. The third kappa shape index (κ3) is 3.43. The standard InChI is InChI=1S/C13H24N2O3/c1-13(2)9-18-7-6-15(13)8-11(12(16)17-3)14-10-4-5-10/h10-11,14H,4-9H2,1-3H3. The zero-order chi connectivity index (χ0) is 13.2. The topological polar surface area (TPSA) is 50.8 Å². The highest BCUT2D eigenvalue weighted by atomic mass is 16.5. The summed E-state index contributed by atoms with van der Waals surface area (Å²) in [6, 6.07) is 0.276. The first kappa shape index (κ1) is 13.8. The summed E-state index contributed by atoms with van der Waals surface area (Å²) in [5, 5.41) is 3.37. The fourth-order valence-corrected chi connectivity index (χ4v) is 2.32. The normalized spacial score (nSPS) is 25.7. The fraction of sp³-hybridized carbons (Fsp3) is 0.923. The quantitative estimate of drug-likeness (QED) is 0.721. The second-order valence-corrected chi connectivity index (χ2v) is 5.83. The number of morpholine rings is 1. The third-order valence-corrected chi connectivity index (χ3v) is 3.72. The second-order valence-electron chi connectivity index (χ2n) is 5.83. The first-order valence-corrected chi connectivity index (χ1v) is 6.69. The summed E-state index contributed by atoms with van der Waals surface area (Å²) in [7, 11) is 1.45. The van der Waals surface area contributed by atoms with Crippen molar-refractivity contribution in [2.24, 2.45) is 0 Å². The van der Waals surface area contributed by atoms with Crippen LogP contribution in [0, 0.1) is 0 Å². The van der Waals surface area contributed by atoms with Gasteiger partial charge in [-0.3, -0.25) is 9.69 Å². The third-order valence-electron chi connectivity index (χ3n) is 3.72. The minimum Gasteiger partial charge on any atom is -0.468 e. The molecule has 0 aromatic rings. The molecule has 0 radical (unpaired) electrons. The van der Waals surface area contributed by atoms with Crippen LogP contribution in [0.4, 0.5) is 0 Å². The van der Waals surface area contributed by atoms with Crippen molar-refractivity contribution in [3.8, 4) is 0 Å². The predicted molar refractivity (Wildman–Crippen MR) is 68.4 cm³/mol. The molecule has 1 N–H and O–H groups in total. The number of methoxy groups -OCH3 is 1. The second kappa shape index (κ2) is 5.55. The maximum atomic E-state index is 11.8. The van der Waals surface area contributed by atoms with Crippen LogP contribution < -0.4 is 5.32 Å². The van der Waals surface area contributed by atoms with E-state index in [0.717, 1.165) is 13.2 Å². The lowest BCUT2D eigenvalue weighted by Crippen LogP contribution is -2.58. The van der Waals surface area contributed by atoms with Crippen molar-refractivity contribution in [1.29, 1.82) is 0 Å². The van der Waals surface area contributed by atoms with Crippen molar-refractivity contribution in [3.05, 3.63) is 0 Å². The van der Waals surface area contributed by atoms with Gasteiger partial charge in [0.05, 0.1) is 20.3 Å². The van der Waals surface area contributed by atoms with E-state index >= 15 is 0 Å². The molecule has 1 unspecified atom stereocenters. The molecule has 1 saturated carbocycles. The molecule has 1 aliphatic carbocycles. The molecule has 0 amide bonds. The lowest BCUT2D eigenvalue weighted by molar-refractivity contribution is -0.145. The summed E-state index contributed by atoms with van der Waals surface area (Å²) in [5.41, 5.74) is -0.0181. The maximum absolute atomic E-state index is 11.8. The predicted octanol–water partition coefficient (Wildman–Crippen LogP) is 0.391. The average Bonchev–Trinajstić information content (AvgIpc) is 3.13. The molecule has 0 spiro atoms. The Kier molecular flexibility index (Phi) is 4.25. The van der Waals surface area contributed by atoms with Gasteiger partial charge in [0.2, 0.25) is 0 Å². The minimum atomic E-state index is -0.222. The number of nitrogens with one attached hydrogen (secondary N) is 1. The van der Waals surface area contributed by atoms with Gasteiger partial charge in [-0.05, 0) is 26.7 Å². The van der Waals surface area contributed by atoms with Gasteiger partial charge in [0.25, 0.3) is 0 Å². The van der Waals surface area contributed by atoms with Gasteiger partial charge in [-0.25, -0.2) is 0 Å². The largest absolute Gasteiger partial charge is 0.468 e. The van der Waals surface area contributed by atoms with E-state index in [4.69, 9.17) is 9.47 Å². The number of esters is 1. The van der Waals surface area contributed by atoms with Gasteiger partial charge in [0.15, 0.2) is 0 Å². The molecule has 18 heavy (non-hydrogen) atoms. The van der Waals surface area contributed by atoms with Gasteiger partial charge in [0.1, 0.15) is 6.04 Å². The number of carbonyl (C=O) groups is 1. The van der Waals surface area contributed by atoms with E-state index in [1.807, 2.05) is 0 Å². The van der Waals surface area contributed by atoms with E-state index in [1.165, 1.54) is 20.0 Å². The van der Waals surface area contributed by atoms with Crippen LogP contribution in [0.15, 0.2) is 0 Å². The van der Waals surface area contributed by atoms with Crippen molar-refractivity contribution in [2.75, 3.05) is 33.4 Å². The summed E-state index contributed by atoms with van der Waals surface area (Å²) >= 11 is 0. The number of ether oxygens (including phenoxy) is 2. The molecule has 0 bridgehead atoms.